The van der Waals surface area contributed by atoms with Crippen LogP contribution in [0.4, 0.5) is 0 Å². The highest BCUT2D eigenvalue weighted by molar-refractivity contribution is 5.89. The second-order valence-corrected chi connectivity index (χ2v) is 10.2. The molecule has 0 unspecified atom stereocenters. The van der Waals surface area contributed by atoms with E-state index in [1.54, 1.807) is 20.3 Å². The fraction of sp³-hybridized carbons (Fsp3) is 0.353. The maximum Gasteiger partial charge on any atom is 0.244 e. The molecule has 39 heavy (non-hydrogen) atoms. The minimum atomic E-state index is -0.0352. The minimum absolute atomic E-state index is 0.0352. The molecule has 0 bridgehead atoms. The van der Waals surface area contributed by atoms with Gasteiger partial charge in [-0.15, -0.1) is 0 Å². The zero-order valence-corrected chi connectivity index (χ0v) is 23.1. The minimum Gasteiger partial charge on any atom is -0.497 e. The topological polar surface area (TPSA) is 60.5 Å². The molecule has 1 heterocycles. The number of aryl methyl sites for hydroxylation is 1. The number of nitrogens with zero attached hydrogens (tertiary/aromatic N) is 1. The molecular formula is C34H40N2O3. The van der Waals surface area contributed by atoms with Gasteiger partial charge in [0.1, 0.15) is 11.5 Å². The van der Waals surface area contributed by atoms with Crippen molar-refractivity contribution >= 4 is 11.5 Å². The summed E-state index contributed by atoms with van der Waals surface area (Å²) in [5, 5.41) is 3.35. The summed E-state index contributed by atoms with van der Waals surface area (Å²) >= 11 is 0. The molecule has 1 atom stereocenters. The molecular weight excluding hydrogens is 484 g/mol. The summed E-state index contributed by atoms with van der Waals surface area (Å²) in [6.07, 6.45) is 18.5. The maximum atomic E-state index is 13.1. The molecule has 3 aromatic rings. The number of aromatic nitrogens is 1. The standard InChI is InChI=1S/C34H40N2O3/c1-38-30-20-16-27(17-21-30)32(28-18-22-31(39-2)23-19-28)13-7-15-34(37)36-33(29-11-4-3-5-12-29)14-6-9-26-10-8-24-35-25-26/h7-8,10,13,15-25,29,33H,3-6,9,11-12,14H2,1-2H3,(H,36,37)/b15-7+/t33-/m1/s1. The van der Waals surface area contributed by atoms with Crippen molar-refractivity contribution in [2.45, 2.75) is 57.4 Å². The summed E-state index contributed by atoms with van der Waals surface area (Å²) in [6, 6.07) is 20.2. The number of carbonyl (C=O) groups is 1. The van der Waals surface area contributed by atoms with E-state index in [-0.39, 0.29) is 11.9 Å². The van der Waals surface area contributed by atoms with Crippen LogP contribution in [0.2, 0.25) is 0 Å². The van der Waals surface area contributed by atoms with E-state index in [2.05, 4.69) is 16.4 Å². The van der Waals surface area contributed by atoms with Gasteiger partial charge in [-0.2, -0.15) is 0 Å². The summed E-state index contributed by atoms with van der Waals surface area (Å²) in [4.78, 5) is 17.3. The number of pyridine rings is 1. The van der Waals surface area contributed by atoms with Crippen molar-refractivity contribution in [1.82, 2.24) is 10.3 Å². The molecule has 0 radical (unpaired) electrons. The summed E-state index contributed by atoms with van der Waals surface area (Å²) < 4.78 is 10.7. The van der Waals surface area contributed by atoms with E-state index in [1.165, 1.54) is 37.7 Å². The van der Waals surface area contributed by atoms with Gasteiger partial charge >= 0.3 is 0 Å². The molecule has 1 saturated carbocycles. The lowest BCUT2D eigenvalue weighted by Crippen LogP contribution is -2.40. The summed E-state index contributed by atoms with van der Waals surface area (Å²) in [7, 11) is 3.33. The Kier molecular flexibility index (Phi) is 10.8. The largest absolute Gasteiger partial charge is 0.497 e. The van der Waals surface area contributed by atoms with Gasteiger partial charge in [-0.25, -0.2) is 0 Å². The summed E-state index contributed by atoms with van der Waals surface area (Å²) in [5.41, 5.74) is 4.36. The van der Waals surface area contributed by atoms with Crippen molar-refractivity contribution in [3.8, 4) is 11.5 Å². The van der Waals surface area contributed by atoms with E-state index in [9.17, 15) is 4.79 Å². The van der Waals surface area contributed by atoms with Crippen LogP contribution in [0.15, 0.2) is 91.3 Å². The molecule has 1 fully saturated rings. The normalized spacial score (nSPS) is 14.5. The van der Waals surface area contributed by atoms with Gasteiger partial charge in [-0.05, 0) is 90.6 Å². The number of rotatable bonds is 12. The third kappa shape index (κ3) is 8.57. The monoisotopic (exact) mass is 524 g/mol. The maximum absolute atomic E-state index is 13.1. The number of hydrogen-bond acceptors (Lipinski definition) is 4. The van der Waals surface area contributed by atoms with Crippen molar-refractivity contribution in [3.05, 3.63) is 108 Å². The quantitative estimate of drug-likeness (QED) is 0.201. The Labute approximate surface area is 233 Å². The lowest BCUT2D eigenvalue weighted by Gasteiger charge is -2.31. The van der Waals surface area contributed by atoms with Crippen molar-refractivity contribution in [3.63, 3.8) is 0 Å². The molecule has 4 rings (SSSR count). The van der Waals surface area contributed by atoms with E-state index >= 15 is 0 Å². The van der Waals surface area contributed by atoms with Crippen LogP contribution in [0.25, 0.3) is 5.57 Å². The van der Waals surface area contributed by atoms with Crippen LogP contribution in [0.1, 0.15) is 61.6 Å². The molecule has 1 aromatic heterocycles. The molecule has 5 heteroatoms. The number of amides is 1. The number of hydrogen-bond donors (Lipinski definition) is 1. The Bertz CT molecular complexity index is 1160. The molecule has 1 aliphatic rings. The molecule has 204 valence electrons. The second kappa shape index (κ2) is 14.9. The number of ether oxygens (including phenoxy) is 2. The van der Waals surface area contributed by atoms with Crippen molar-refractivity contribution in [2.75, 3.05) is 14.2 Å². The number of carbonyl (C=O) groups excluding carboxylic acids is 1. The van der Waals surface area contributed by atoms with Crippen LogP contribution in [0, 0.1) is 5.92 Å². The summed E-state index contributed by atoms with van der Waals surface area (Å²) in [5.74, 6) is 2.13. The molecule has 1 N–H and O–H groups in total. The average Bonchev–Trinajstić information content (AvgIpc) is 3.00. The van der Waals surface area contributed by atoms with Gasteiger partial charge < -0.3 is 14.8 Å². The fourth-order valence-corrected chi connectivity index (χ4v) is 5.40. The Morgan fingerprint density at radius 2 is 1.59 bits per heavy atom. The highest BCUT2D eigenvalue weighted by Gasteiger charge is 2.24. The van der Waals surface area contributed by atoms with Crippen LogP contribution in [-0.4, -0.2) is 31.2 Å². The first-order chi connectivity index (χ1) is 19.2. The first-order valence-electron chi connectivity index (χ1n) is 14.0. The van der Waals surface area contributed by atoms with Gasteiger partial charge in [-0.3, -0.25) is 9.78 Å². The first-order valence-corrected chi connectivity index (χ1v) is 14.0. The zero-order valence-electron chi connectivity index (χ0n) is 23.1. The molecule has 0 saturated heterocycles. The third-order valence-corrected chi connectivity index (χ3v) is 7.56. The SMILES string of the molecule is COc1ccc(C(=C/C=C/C(=O)N[C@H](CCCc2cccnc2)C2CCCCC2)c2ccc(OC)cc2)cc1. The molecule has 5 nitrogen and oxygen atoms in total. The average molecular weight is 525 g/mol. The zero-order chi connectivity index (χ0) is 27.3. The lowest BCUT2D eigenvalue weighted by molar-refractivity contribution is -0.117. The number of benzene rings is 2. The molecule has 1 aliphatic carbocycles. The van der Waals surface area contributed by atoms with Crippen LogP contribution in [-0.2, 0) is 11.2 Å². The van der Waals surface area contributed by atoms with Gasteiger partial charge in [0.15, 0.2) is 0 Å². The van der Waals surface area contributed by atoms with Crippen LogP contribution >= 0.6 is 0 Å². The van der Waals surface area contributed by atoms with Crippen molar-refractivity contribution < 1.29 is 14.3 Å². The number of allylic oxidation sites excluding steroid dienone is 2. The lowest BCUT2D eigenvalue weighted by atomic mass is 9.82. The van der Waals surface area contributed by atoms with Gasteiger partial charge in [0.25, 0.3) is 0 Å². The summed E-state index contributed by atoms with van der Waals surface area (Å²) in [6.45, 7) is 0. The Balaban J connectivity index is 1.46. The van der Waals surface area contributed by atoms with E-state index < -0.39 is 0 Å². The molecule has 1 amide bonds. The number of methoxy groups -OCH3 is 2. The predicted octanol–water partition coefficient (Wildman–Crippen LogP) is 7.17. The second-order valence-electron chi connectivity index (χ2n) is 10.2. The van der Waals surface area contributed by atoms with Crippen LogP contribution in [0.5, 0.6) is 11.5 Å². The van der Waals surface area contributed by atoms with Crippen LogP contribution < -0.4 is 14.8 Å². The van der Waals surface area contributed by atoms with E-state index in [4.69, 9.17) is 9.47 Å². The van der Waals surface area contributed by atoms with Gasteiger partial charge in [0, 0.05) is 24.5 Å². The molecule has 2 aromatic carbocycles. The highest BCUT2D eigenvalue weighted by atomic mass is 16.5. The van der Waals surface area contributed by atoms with Gasteiger partial charge in [0.2, 0.25) is 5.91 Å². The Morgan fingerprint density at radius 1 is 0.949 bits per heavy atom. The number of nitrogens with one attached hydrogen (secondary N) is 1. The smallest absolute Gasteiger partial charge is 0.244 e. The van der Waals surface area contributed by atoms with Crippen LogP contribution in [0.3, 0.4) is 0 Å². The molecule has 0 aliphatic heterocycles. The van der Waals surface area contributed by atoms with Crippen molar-refractivity contribution in [2.24, 2.45) is 5.92 Å². The first kappa shape index (κ1) is 28.2. The van der Waals surface area contributed by atoms with Gasteiger partial charge in [0.05, 0.1) is 14.2 Å². The highest BCUT2D eigenvalue weighted by Crippen LogP contribution is 2.29. The van der Waals surface area contributed by atoms with E-state index in [0.717, 1.165) is 47.5 Å². The predicted molar refractivity (Wildman–Crippen MR) is 158 cm³/mol. The van der Waals surface area contributed by atoms with Crippen molar-refractivity contribution in [1.29, 1.82) is 0 Å². The van der Waals surface area contributed by atoms with Gasteiger partial charge in [-0.1, -0.05) is 61.7 Å². The third-order valence-electron chi connectivity index (χ3n) is 7.56. The Morgan fingerprint density at radius 3 is 2.15 bits per heavy atom. The Hall–Kier alpha value is -3.86. The van der Waals surface area contributed by atoms with E-state index in [0.29, 0.717) is 5.92 Å². The molecule has 0 spiro atoms. The van der Waals surface area contributed by atoms with E-state index in [1.807, 2.05) is 79.1 Å². The fourth-order valence-electron chi connectivity index (χ4n) is 5.40.